The van der Waals surface area contributed by atoms with Crippen molar-refractivity contribution in [2.24, 2.45) is 0 Å². The van der Waals surface area contributed by atoms with Gasteiger partial charge in [-0.15, -0.1) is 6.58 Å². The highest BCUT2D eigenvalue weighted by molar-refractivity contribution is 6.83. The highest BCUT2D eigenvalue weighted by Gasteiger charge is 2.24. The summed E-state index contributed by atoms with van der Waals surface area (Å²) in [6.45, 7) is 17.5. The lowest BCUT2D eigenvalue weighted by Crippen LogP contribution is -2.39. The van der Waals surface area contributed by atoms with Crippen molar-refractivity contribution in [1.82, 2.24) is 0 Å². The maximum absolute atomic E-state index is 8.45. The van der Waals surface area contributed by atoms with E-state index in [1.165, 1.54) is 25.7 Å². The van der Waals surface area contributed by atoms with Crippen molar-refractivity contribution >= 4 is 16.6 Å². The van der Waals surface area contributed by atoms with E-state index in [1.54, 1.807) is 0 Å². The van der Waals surface area contributed by atoms with Gasteiger partial charge in [0.25, 0.3) is 0 Å². The number of aliphatic hydroxyl groups excluding tert-OH is 1. The molecule has 0 heterocycles. The van der Waals surface area contributed by atoms with Crippen LogP contribution in [0.25, 0.3) is 0 Å². The Hall–Kier alpha value is 0.0938. The Bertz CT molecular complexity index is 193. The van der Waals surface area contributed by atoms with Gasteiger partial charge in [-0.25, -0.2) is 0 Å². The fraction of sp³-hybridized carbons (Fsp3) is 0.867. The van der Waals surface area contributed by atoms with Gasteiger partial charge in [-0.2, -0.15) is 0 Å². The van der Waals surface area contributed by atoms with E-state index >= 15 is 0 Å². The maximum Gasteiger partial charge on any atom is 0.170 e. The second kappa shape index (κ2) is 11.9. The van der Waals surface area contributed by atoms with Gasteiger partial charge in [-0.3, -0.25) is 0 Å². The minimum absolute atomic E-state index is 0.349. The Morgan fingerprint density at radius 2 is 1.26 bits per heavy atom. The molecule has 0 saturated heterocycles. The summed E-state index contributed by atoms with van der Waals surface area (Å²) in [7, 11) is -2.46. The van der Waals surface area contributed by atoms with E-state index in [1.807, 2.05) is 6.08 Å². The average molecular weight is 305 g/mol. The van der Waals surface area contributed by atoms with Crippen LogP contribution in [0.1, 0.15) is 38.5 Å². The van der Waals surface area contributed by atoms with E-state index in [4.69, 9.17) is 9.22 Å². The third kappa shape index (κ3) is 27.3. The van der Waals surface area contributed by atoms with Crippen LogP contribution in [-0.2, 0) is 4.12 Å². The van der Waals surface area contributed by atoms with Crippen LogP contribution in [-0.4, -0.2) is 28.3 Å². The molecule has 19 heavy (non-hydrogen) atoms. The number of unbranched alkanes of at least 4 members (excludes halogenated alkanes) is 5. The summed E-state index contributed by atoms with van der Waals surface area (Å²) in [6, 6.07) is 0. The van der Waals surface area contributed by atoms with Crippen molar-refractivity contribution in [1.29, 1.82) is 0 Å². The summed E-state index contributed by atoms with van der Waals surface area (Å²) in [4.78, 5) is 0. The predicted molar refractivity (Wildman–Crippen MR) is 92.8 cm³/mol. The van der Waals surface area contributed by atoms with E-state index < -0.39 is 16.6 Å². The van der Waals surface area contributed by atoms with Crippen LogP contribution in [0.2, 0.25) is 39.3 Å². The molecule has 0 spiro atoms. The first-order chi connectivity index (χ1) is 8.62. The Morgan fingerprint density at radius 1 is 0.842 bits per heavy atom. The van der Waals surface area contributed by atoms with E-state index in [-0.39, 0.29) is 0 Å². The molecule has 4 heteroatoms. The molecule has 0 unspecified atom stereocenters. The summed E-state index contributed by atoms with van der Waals surface area (Å²) in [5, 5.41) is 8.45. The lowest BCUT2D eigenvalue weighted by Gasteiger charge is -2.27. The van der Waals surface area contributed by atoms with E-state index in [2.05, 4.69) is 45.9 Å². The van der Waals surface area contributed by atoms with Crippen LogP contribution in [0, 0.1) is 0 Å². The van der Waals surface area contributed by atoms with Gasteiger partial charge < -0.3 is 9.22 Å². The molecule has 1 N–H and O–H groups in total. The Morgan fingerprint density at radius 3 is 1.58 bits per heavy atom. The molecule has 0 rings (SSSR count). The predicted octanol–water partition coefficient (Wildman–Crippen LogP) is 5.18. The standard InChI is InChI=1S/C9H18O.C6H18OSi2/c1-2-3-4-5-6-7-8-9-10;1-8(2,3)7-9(4,5)6/h2,10H,1,3-9H2;1-6H3. The van der Waals surface area contributed by atoms with Crippen LogP contribution in [0.4, 0.5) is 0 Å². The molecule has 2 nitrogen and oxygen atoms in total. The van der Waals surface area contributed by atoms with Crippen LogP contribution in [0.15, 0.2) is 12.7 Å². The average Bonchev–Trinajstić information content (AvgIpc) is 2.19. The number of hydrogen-bond acceptors (Lipinski definition) is 2. The third-order valence-corrected chi connectivity index (χ3v) is 7.08. The van der Waals surface area contributed by atoms with Crippen LogP contribution in [0.5, 0.6) is 0 Å². The second-order valence-corrected chi connectivity index (χ2v) is 16.2. The highest BCUT2D eigenvalue weighted by atomic mass is 28.4. The summed E-state index contributed by atoms with van der Waals surface area (Å²) in [5.41, 5.74) is 0. The molecule has 0 aromatic rings. The molecule has 0 fully saturated rings. The van der Waals surface area contributed by atoms with Crippen molar-refractivity contribution < 1.29 is 9.22 Å². The summed E-state index contributed by atoms with van der Waals surface area (Å²) in [6.07, 6.45) is 9.04. The van der Waals surface area contributed by atoms with E-state index in [9.17, 15) is 0 Å². The largest absolute Gasteiger partial charge is 0.456 e. The molecule has 0 bridgehead atoms. The Balaban J connectivity index is 0. The van der Waals surface area contributed by atoms with Gasteiger partial charge in [0.1, 0.15) is 0 Å². The molecule has 0 aliphatic carbocycles. The third-order valence-electron chi connectivity index (χ3n) is 2.18. The zero-order valence-corrected chi connectivity index (χ0v) is 16.1. The molecular weight excluding hydrogens is 268 g/mol. The molecule has 0 aliphatic heterocycles. The molecule has 0 atom stereocenters. The van der Waals surface area contributed by atoms with Crippen LogP contribution in [0.3, 0.4) is 0 Å². The zero-order chi connectivity index (χ0) is 15.4. The van der Waals surface area contributed by atoms with Gasteiger partial charge in [0.15, 0.2) is 16.6 Å². The highest BCUT2D eigenvalue weighted by Crippen LogP contribution is 2.12. The summed E-state index contributed by atoms with van der Waals surface area (Å²) in [5.74, 6) is 0. The normalized spacial score (nSPS) is 11.7. The lowest BCUT2D eigenvalue weighted by molar-refractivity contribution is 0.282. The van der Waals surface area contributed by atoms with Gasteiger partial charge >= 0.3 is 0 Å². The first-order valence-corrected chi connectivity index (χ1v) is 14.4. The number of aliphatic hydroxyl groups is 1. The van der Waals surface area contributed by atoms with Gasteiger partial charge in [0.05, 0.1) is 0 Å². The van der Waals surface area contributed by atoms with Crippen LogP contribution < -0.4 is 0 Å². The Labute approximate surface area is 123 Å². The minimum atomic E-state index is -1.23. The quantitative estimate of drug-likeness (QED) is 0.361. The van der Waals surface area contributed by atoms with Crippen molar-refractivity contribution in [2.75, 3.05) is 6.61 Å². The molecule has 0 saturated carbocycles. The number of allylic oxidation sites excluding steroid dienone is 1. The molecule has 0 amide bonds. The fourth-order valence-corrected chi connectivity index (χ4v) is 9.20. The number of rotatable bonds is 9. The molecule has 116 valence electrons. The number of hydrogen-bond donors (Lipinski definition) is 1. The van der Waals surface area contributed by atoms with Crippen LogP contribution >= 0.6 is 0 Å². The van der Waals surface area contributed by atoms with Crippen molar-refractivity contribution in [3.63, 3.8) is 0 Å². The summed E-state index contributed by atoms with van der Waals surface area (Å²) < 4.78 is 5.90. The first-order valence-electron chi connectivity index (χ1n) is 7.54. The molecule has 0 aromatic heterocycles. The van der Waals surface area contributed by atoms with Gasteiger partial charge in [0, 0.05) is 6.61 Å². The Kier molecular flexibility index (Phi) is 13.4. The van der Waals surface area contributed by atoms with Crippen molar-refractivity contribution in [2.45, 2.75) is 77.8 Å². The smallest absolute Gasteiger partial charge is 0.170 e. The van der Waals surface area contributed by atoms with Crippen molar-refractivity contribution in [3.05, 3.63) is 12.7 Å². The van der Waals surface area contributed by atoms with E-state index in [0.29, 0.717) is 6.61 Å². The molecule has 0 radical (unpaired) electrons. The molecule has 0 aliphatic rings. The molecule has 0 aromatic carbocycles. The lowest BCUT2D eigenvalue weighted by atomic mass is 10.1. The monoisotopic (exact) mass is 304 g/mol. The minimum Gasteiger partial charge on any atom is -0.456 e. The topological polar surface area (TPSA) is 29.5 Å². The van der Waals surface area contributed by atoms with Gasteiger partial charge in [-0.1, -0.05) is 25.3 Å². The zero-order valence-electron chi connectivity index (χ0n) is 14.1. The van der Waals surface area contributed by atoms with Gasteiger partial charge in [-0.05, 0) is 58.5 Å². The second-order valence-electron chi connectivity index (χ2n) is 6.90. The first kappa shape index (κ1) is 21.4. The summed E-state index contributed by atoms with van der Waals surface area (Å²) >= 11 is 0. The molecular formula is C15H36O2Si2. The fourth-order valence-electron chi connectivity index (χ4n) is 1.85. The van der Waals surface area contributed by atoms with Gasteiger partial charge in [0.2, 0.25) is 0 Å². The SMILES string of the molecule is C=CCCCCCCCO.C[Si](C)(C)O[Si](C)(C)C. The van der Waals surface area contributed by atoms with Crippen molar-refractivity contribution in [3.8, 4) is 0 Å². The van der Waals surface area contributed by atoms with E-state index in [0.717, 1.165) is 12.8 Å². The maximum atomic E-state index is 8.45.